The summed E-state index contributed by atoms with van der Waals surface area (Å²) in [6.07, 6.45) is 3.84. The van der Waals surface area contributed by atoms with E-state index in [0.29, 0.717) is 0 Å². The number of sulfonamides is 1. The molecule has 0 aliphatic carbocycles. The van der Waals surface area contributed by atoms with Crippen LogP contribution in [0.3, 0.4) is 0 Å². The van der Waals surface area contributed by atoms with Crippen LogP contribution in [-0.2, 0) is 14.8 Å². The Bertz CT molecular complexity index is 1120. The van der Waals surface area contributed by atoms with Crippen molar-refractivity contribution in [2.75, 3.05) is 6.26 Å². The predicted molar refractivity (Wildman–Crippen MR) is 121 cm³/mol. The number of benzene rings is 2. The SMILES string of the molecule is CSc1ccc(-c2cnc(-c3ccc(S(=O)(=O)N[C@@H](C(=O)O)C(C)C)cc3)s2)cc1. The second-order valence-electron chi connectivity index (χ2n) is 6.96. The third kappa shape index (κ3) is 5.10. The Hall–Kier alpha value is -2.20. The van der Waals surface area contributed by atoms with Gasteiger partial charge >= 0.3 is 5.97 Å². The van der Waals surface area contributed by atoms with E-state index < -0.39 is 22.0 Å². The summed E-state index contributed by atoms with van der Waals surface area (Å²) < 4.78 is 27.4. The first-order valence-electron chi connectivity index (χ1n) is 9.17. The fraction of sp³-hybridized carbons (Fsp3) is 0.238. The molecule has 0 unspecified atom stereocenters. The number of carbonyl (C=O) groups is 1. The molecule has 3 rings (SSSR count). The van der Waals surface area contributed by atoms with E-state index >= 15 is 0 Å². The molecule has 0 aliphatic rings. The van der Waals surface area contributed by atoms with Crippen LogP contribution < -0.4 is 4.72 Å². The minimum atomic E-state index is -3.94. The molecule has 2 N–H and O–H groups in total. The molecular formula is C21H22N2O4S3. The van der Waals surface area contributed by atoms with E-state index in [-0.39, 0.29) is 10.8 Å². The monoisotopic (exact) mass is 462 g/mol. The van der Waals surface area contributed by atoms with Crippen molar-refractivity contribution in [3.05, 3.63) is 54.7 Å². The minimum absolute atomic E-state index is 0.0163. The highest BCUT2D eigenvalue weighted by Gasteiger charge is 2.28. The van der Waals surface area contributed by atoms with E-state index in [1.54, 1.807) is 43.9 Å². The molecule has 1 heterocycles. The summed E-state index contributed by atoms with van der Waals surface area (Å²) >= 11 is 3.21. The van der Waals surface area contributed by atoms with Gasteiger partial charge in [-0.25, -0.2) is 13.4 Å². The van der Waals surface area contributed by atoms with Crippen LogP contribution in [0.4, 0.5) is 0 Å². The fourth-order valence-electron chi connectivity index (χ4n) is 2.78. The van der Waals surface area contributed by atoms with Crippen molar-refractivity contribution in [3.8, 4) is 21.0 Å². The molecule has 0 saturated heterocycles. The number of aliphatic carboxylic acids is 1. The summed E-state index contributed by atoms with van der Waals surface area (Å²) in [6, 6.07) is 13.3. The molecule has 0 radical (unpaired) electrons. The summed E-state index contributed by atoms with van der Waals surface area (Å²) in [5.41, 5.74) is 1.87. The van der Waals surface area contributed by atoms with Gasteiger partial charge in [-0.05, 0) is 42.0 Å². The van der Waals surface area contributed by atoms with E-state index in [2.05, 4.69) is 34.0 Å². The molecule has 2 aromatic carbocycles. The molecule has 158 valence electrons. The number of thiazole rings is 1. The Morgan fingerprint density at radius 1 is 1.07 bits per heavy atom. The van der Waals surface area contributed by atoms with E-state index in [4.69, 9.17) is 0 Å². The van der Waals surface area contributed by atoms with Gasteiger partial charge in [0.2, 0.25) is 10.0 Å². The molecule has 0 spiro atoms. The number of hydrogen-bond acceptors (Lipinski definition) is 6. The van der Waals surface area contributed by atoms with E-state index in [0.717, 1.165) is 21.0 Å². The van der Waals surface area contributed by atoms with Gasteiger partial charge in [0, 0.05) is 16.7 Å². The van der Waals surface area contributed by atoms with Crippen molar-refractivity contribution in [2.24, 2.45) is 5.92 Å². The maximum Gasteiger partial charge on any atom is 0.322 e. The van der Waals surface area contributed by atoms with Crippen molar-refractivity contribution in [1.29, 1.82) is 0 Å². The molecule has 9 heteroatoms. The lowest BCUT2D eigenvalue weighted by Crippen LogP contribution is -2.44. The Morgan fingerprint density at radius 3 is 2.20 bits per heavy atom. The molecule has 0 amide bonds. The zero-order chi connectivity index (χ0) is 21.9. The fourth-order valence-corrected chi connectivity index (χ4v) is 5.45. The molecule has 1 aromatic heterocycles. The molecule has 0 bridgehead atoms. The standard InChI is InChI=1S/C21H22N2O4S3/c1-13(2)19(21(24)25)23-30(26,27)17-10-6-15(7-11-17)20-22-12-18(29-20)14-4-8-16(28-3)9-5-14/h4-13,19,23H,1-3H3,(H,24,25)/t19-/m1/s1. The molecule has 1 atom stereocenters. The lowest BCUT2D eigenvalue weighted by atomic mass is 10.1. The Morgan fingerprint density at radius 2 is 1.67 bits per heavy atom. The first-order chi connectivity index (χ1) is 14.2. The van der Waals surface area contributed by atoms with Gasteiger partial charge in [-0.15, -0.1) is 23.1 Å². The predicted octanol–water partition coefficient (Wildman–Crippen LogP) is 4.59. The Kier molecular flexibility index (Phi) is 6.97. The van der Waals surface area contributed by atoms with Gasteiger partial charge in [0.1, 0.15) is 11.0 Å². The summed E-state index contributed by atoms with van der Waals surface area (Å²) in [7, 11) is -3.94. The second kappa shape index (κ2) is 9.30. The van der Waals surface area contributed by atoms with Gasteiger partial charge in [0.15, 0.2) is 0 Å². The van der Waals surface area contributed by atoms with Crippen molar-refractivity contribution < 1.29 is 18.3 Å². The van der Waals surface area contributed by atoms with Crippen LogP contribution in [0.15, 0.2) is 64.5 Å². The van der Waals surface area contributed by atoms with Crippen LogP contribution in [0.2, 0.25) is 0 Å². The number of nitrogens with zero attached hydrogens (tertiary/aromatic N) is 1. The smallest absolute Gasteiger partial charge is 0.322 e. The first kappa shape index (κ1) is 22.5. The number of aromatic nitrogens is 1. The Labute approximate surface area is 184 Å². The second-order valence-corrected chi connectivity index (χ2v) is 10.6. The van der Waals surface area contributed by atoms with Crippen molar-refractivity contribution in [2.45, 2.75) is 29.7 Å². The summed E-state index contributed by atoms with van der Waals surface area (Å²) in [6.45, 7) is 3.30. The van der Waals surface area contributed by atoms with Crippen molar-refractivity contribution in [1.82, 2.24) is 9.71 Å². The summed E-state index contributed by atoms with van der Waals surface area (Å²) in [5, 5.41) is 10.0. The molecule has 3 aromatic rings. The molecule has 0 aliphatic heterocycles. The molecular weight excluding hydrogens is 440 g/mol. The number of rotatable bonds is 8. The molecule has 0 fully saturated rings. The van der Waals surface area contributed by atoms with Gasteiger partial charge < -0.3 is 5.11 Å². The molecule has 0 saturated carbocycles. The third-order valence-corrected chi connectivity index (χ3v) is 7.80. The molecule has 30 heavy (non-hydrogen) atoms. The quantitative estimate of drug-likeness (QED) is 0.476. The maximum absolute atomic E-state index is 12.6. The van der Waals surface area contributed by atoms with Gasteiger partial charge in [-0.2, -0.15) is 4.72 Å². The van der Waals surface area contributed by atoms with Crippen LogP contribution >= 0.6 is 23.1 Å². The number of nitrogens with one attached hydrogen (secondary N) is 1. The van der Waals surface area contributed by atoms with Crippen LogP contribution in [-0.4, -0.2) is 36.8 Å². The largest absolute Gasteiger partial charge is 0.480 e. The minimum Gasteiger partial charge on any atom is -0.480 e. The number of hydrogen-bond donors (Lipinski definition) is 2. The van der Waals surface area contributed by atoms with Crippen LogP contribution in [0.25, 0.3) is 21.0 Å². The zero-order valence-electron chi connectivity index (χ0n) is 16.7. The average Bonchev–Trinajstić information content (AvgIpc) is 3.22. The maximum atomic E-state index is 12.6. The highest BCUT2D eigenvalue weighted by molar-refractivity contribution is 7.98. The number of carboxylic acids is 1. The van der Waals surface area contributed by atoms with Crippen LogP contribution in [0.1, 0.15) is 13.8 Å². The highest BCUT2D eigenvalue weighted by Crippen LogP contribution is 2.33. The first-order valence-corrected chi connectivity index (χ1v) is 12.7. The summed E-state index contributed by atoms with van der Waals surface area (Å²) in [5.74, 6) is -1.58. The van der Waals surface area contributed by atoms with Gasteiger partial charge in [0.05, 0.1) is 9.77 Å². The topological polar surface area (TPSA) is 96.4 Å². The lowest BCUT2D eigenvalue weighted by molar-refractivity contribution is -0.140. The van der Waals surface area contributed by atoms with E-state index in [1.165, 1.54) is 28.4 Å². The lowest BCUT2D eigenvalue weighted by Gasteiger charge is -2.18. The van der Waals surface area contributed by atoms with E-state index in [9.17, 15) is 18.3 Å². The van der Waals surface area contributed by atoms with E-state index in [1.807, 2.05) is 6.26 Å². The van der Waals surface area contributed by atoms with Gasteiger partial charge in [0.25, 0.3) is 0 Å². The molecule has 6 nitrogen and oxygen atoms in total. The van der Waals surface area contributed by atoms with Crippen molar-refractivity contribution >= 4 is 39.1 Å². The average molecular weight is 463 g/mol. The number of thioether (sulfide) groups is 1. The number of carboxylic acid groups (broad SMARTS) is 1. The van der Waals surface area contributed by atoms with Crippen molar-refractivity contribution in [3.63, 3.8) is 0 Å². The Balaban J connectivity index is 1.80. The third-order valence-electron chi connectivity index (χ3n) is 4.51. The van der Waals surface area contributed by atoms with Gasteiger partial charge in [-0.1, -0.05) is 38.1 Å². The normalized spacial score (nSPS) is 12.8. The van der Waals surface area contributed by atoms with Crippen LogP contribution in [0, 0.1) is 5.92 Å². The highest BCUT2D eigenvalue weighted by atomic mass is 32.2. The van der Waals surface area contributed by atoms with Gasteiger partial charge in [-0.3, -0.25) is 4.79 Å². The zero-order valence-corrected chi connectivity index (χ0v) is 19.1. The summed E-state index contributed by atoms with van der Waals surface area (Å²) in [4.78, 5) is 18.0. The van der Waals surface area contributed by atoms with Crippen LogP contribution in [0.5, 0.6) is 0 Å².